The van der Waals surface area contributed by atoms with E-state index >= 15 is 0 Å². The number of amides is 2. The van der Waals surface area contributed by atoms with Crippen LogP contribution in [0.25, 0.3) is 10.8 Å². The summed E-state index contributed by atoms with van der Waals surface area (Å²) in [6.45, 7) is 4.75. The minimum atomic E-state index is -0.665. The minimum Gasteiger partial charge on any atom is -0.491 e. The van der Waals surface area contributed by atoms with Gasteiger partial charge in [-0.25, -0.2) is 0 Å². The van der Waals surface area contributed by atoms with Gasteiger partial charge in [0.2, 0.25) is 11.8 Å². The first-order valence-electron chi connectivity index (χ1n) is 13.8. The summed E-state index contributed by atoms with van der Waals surface area (Å²) >= 11 is 0. The normalized spacial score (nSPS) is 12.4. The van der Waals surface area contributed by atoms with Gasteiger partial charge in [-0.3, -0.25) is 9.59 Å². The molecule has 0 aliphatic heterocycles. The van der Waals surface area contributed by atoms with Crippen molar-refractivity contribution >= 4 is 22.6 Å². The molecule has 3 rings (SSSR count). The van der Waals surface area contributed by atoms with Gasteiger partial charge in [0.1, 0.15) is 18.4 Å². The predicted molar refractivity (Wildman–Crippen MR) is 161 cm³/mol. The summed E-state index contributed by atoms with van der Waals surface area (Å²) in [5.41, 5.74) is 1.82. The summed E-state index contributed by atoms with van der Waals surface area (Å²) in [6.07, 6.45) is 5.10. The largest absolute Gasteiger partial charge is 0.491 e. The van der Waals surface area contributed by atoms with Gasteiger partial charge in [-0.05, 0) is 67.8 Å². The first kappa shape index (κ1) is 30.9. The van der Waals surface area contributed by atoms with Crippen molar-refractivity contribution in [2.45, 2.75) is 44.7 Å². The summed E-state index contributed by atoms with van der Waals surface area (Å²) < 4.78 is 5.66. The lowest BCUT2D eigenvalue weighted by Crippen LogP contribution is -2.49. The van der Waals surface area contributed by atoms with Crippen LogP contribution in [0.1, 0.15) is 31.4 Å². The van der Waals surface area contributed by atoms with Gasteiger partial charge in [0.05, 0.1) is 6.61 Å². The molecular formula is C33H43N3O4. The molecule has 0 fully saturated rings. The zero-order valence-electron chi connectivity index (χ0n) is 24.4. The number of nitrogens with zero attached hydrogens (tertiary/aromatic N) is 2. The van der Waals surface area contributed by atoms with E-state index in [1.807, 2.05) is 55.6 Å². The number of para-hydroxylation sites is 1. The molecule has 3 aromatic rings. The third kappa shape index (κ3) is 8.66. The third-order valence-electron chi connectivity index (χ3n) is 7.32. The fourth-order valence-corrected chi connectivity index (χ4v) is 4.47. The van der Waals surface area contributed by atoms with Crippen LogP contribution in [0.5, 0.6) is 5.75 Å². The van der Waals surface area contributed by atoms with Crippen LogP contribution in [0.3, 0.4) is 0 Å². The van der Waals surface area contributed by atoms with E-state index in [4.69, 9.17) is 9.84 Å². The molecule has 214 valence electrons. The smallest absolute Gasteiger partial charge is 0.246 e. The maximum Gasteiger partial charge on any atom is 0.246 e. The van der Waals surface area contributed by atoms with Gasteiger partial charge < -0.3 is 25.0 Å². The summed E-state index contributed by atoms with van der Waals surface area (Å²) in [6, 6.07) is 21.3. The van der Waals surface area contributed by atoms with Gasteiger partial charge in [-0.1, -0.05) is 66.7 Å². The number of likely N-dealkylation sites (N-methyl/N-ethyl adjacent to an activating group) is 2. The molecule has 1 atom stereocenters. The topological polar surface area (TPSA) is 82.1 Å². The highest BCUT2D eigenvalue weighted by Crippen LogP contribution is 2.21. The van der Waals surface area contributed by atoms with E-state index in [1.165, 1.54) is 0 Å². The Kier molecular flexibility index (Phi) is 11.3. The molecule has 3 aromatic carbocycles. The van der Waals surface area contributed by atoms with E-state index in [9.17, 15) is 9.59 Å². The van der Waals surface area contributed by atoms with E-state index in [1.54, 1.807) is 30.0 Å². The molecule has 7 heteroatoms. The van der Waals surface area contributed by atoms with Crippen molar-refractivity contribution in [1.82, 2.24) is 15.1 Å². The first-order chi connectivity index (χ1) is 19.1. The molecule has 40 heavy (non-hydrogen) atoms. The number of aliphatic hydroxyl groups is 1. The highest BCUT2D eigenvalue weighted by molar-refractivity contribution is 5.93. The average Bonchev–Trinajstić information content (AvgIpc) is 2.97. The predicted octanol–water partition coefficient (Wildman–Crippen LogP) is 4.23. The Morgan fingerprint density at radius 3 is 2.45 bits per heavy atom. The van der Waals surface area contributed by atoms with Crippen molar-refractivity contribution < 1.29 is 19.4 Å². The number of rotatable bonds is 14. The molecule has 0 saturated carbocycles. The lowest BCUT2D eigenvalue weighted by molar-refractivity contribution is -0.141. The molecule has 0 saturated heterocycles. The molecule has 0 aliphatic carbocycles. The third-order valence-corrected chi connectivity index (χ3v) is 7.32. The van der Waals surface area contributed by atoms with Crippen LogP contribution < -0.4 is 10.1 Å². The van der Waals surface area contributed by atoms with Crippen molar-refractivity contribution in [3.05, 3.63) is 90.0 Å². The van der Waals surface area contributed by atoms with Gasteiger partial charge >= 0.3 is 0 Å². The van der Waals surface area contributed by atoms with Crippen LogP contribution in [-0.4, -0.2) is 79.2 Å². The summed E-state index contributed by atoms with van der Waals surface area (Å²) in [5.74, 6) is 0.371. The molecule has 0 heterocycles. The Morgan fingerprint density at radius 1 is 1.02 bits per heavy atom. The van der Waals surface area contributed by atoms with Crippen LogP contribution in [0.15, 0.2) is 78.9 Å². The molecule has 0 radical (unpaired) electrons. The van der Waals surface area contributed by atoms with E-state index in [0.717, 1.165) is 21.9 Å². The fraction of sp³-hybridized carbons (Fsp3) is 0.394. The fourth-order valence-electron chi connectivity index (χ4n) is 4.47. The molecule has 0 spiro atoms. The minimum absolute atomic E-state index is 0.0650. The average molecular weight is 546 g/mol. The van der Waals surface area contributed by atoms with Crippen LogP contribution >= 0.6 is 0 Å². The number of hydrogen-bond acceptors (Lipinski definition) is 5. The maximum absolute atomic E-state index is 13.8. The zero-order valence-corrected chi connectivity index (χ0v) is 24.4. The highest BCUT2D eigenvalue weighted by Gasteiger charge is 2.29. The standard InChI is InChI=1S/C33H43N3O4/c1-33(2,34-3)19-10-15-31(38)36(5)29(24-25-16-17-26-11-6-7-13-28(26)23-25)32(39)35(4)20-18-27-12-8-9-14-30(27)40-22-21-37/h6-17,23,29,34,37H,18-22,24H2,1-5H3/b15-10+/t29-/m1/s1. The summed E-state index contributed by atoms with van der Waals surface area (Å²) in [4.78, 5) is 30.3. The molecule has 0 aliphatic rings. The second-order valence-electron chi connectivity index (χ2n) is 10.8. The molecule has 7 nitrogen and oxygen atoms in total. The maximum atomic E-state index is 13.8. The number of fused-ring (bicyclic) bond motifs is 1. The number of benzene rings is 3. The van der Waals surface area contributed by atoms with Crippen LogP contribution in [0.4, 0.5) is 0 Å². The second-order valence-corrected chi connectivity index (χ2v) is 10.8. The first-order valence-corrected chi connectivity index (χ1v) is 13.8. The number of nitrogens with one attached hydrogen (secondary N) is 1. The summed E-state index contributed by atoms with van der Waals surface area (Å²) in [7, 11) is 5.37. The summed E-state index contributed by atoms with van der Waals surface area (Å²) in [5, 5.41) is 14.6. The molecule has 2 N–H and O–H groups in total. The SMILES string of the molecule is CNC(C)(C)C/C=C/C(=O)N(C)[C@H](Cc1ccc2ccccc2c1)C(=O)N(C)CCc1ccccc1OCCO. The number of aliphatic hydroxyl groups excluding tert-OH is 1. The lowest BCUT2D eigenvalue weighted by Gasteiger charge is -2.31. The van der Waals surface area contributed by atoms with E-state index in [2.05, 4.69) is 43.4 Å². The van der Waals surface area contributed by atoms with Crippen molar-refractivity contribution in [3.63, 3.8) is 0 Å². The van der Waals surface area contributed by atoms with E-state index in [0.29, 0.717) is 31.6 Å². The Labute approximate surface area is 238 Å². The van der Waals surface area contributed by atoms with Gasteiger partial charge in [0.25, 0.3) is 0 Å². The van der Waals surface area contributed by atoms with Gasteiger partial charge in [-0.2, -0.15) is 0 Å². The molecule has 0 aromatic heterocycles. The molecule has 2 amide bonds. The van der Waals surface area contributed by atoms with Crippen LogP contribution in [0, 0.1) is 0 Å². The van der Waals surface area contributed by atoms with Crippen LogP contribution in [-0.2, 0) is 22.4 Å². The number of carbonyl (C=O) groups is 2. The molecular weight excluding hydrogens is 502 g/mol. The van der Waals surface area contributed by atoms with Gasteiger partial charge in [0.15, 0.2) is 0 Å². The number of ether oxygens (including phenoxy) is 1. The highest BCUT2D eigenvalue weighted by atomic mass is 16.5. The van der Waals surface area contributed by atoms with Crippen molar-refractivity contribution in [2.75, 3.05) is 40.9 Å². The second kappa shape index (κ2) is 14.6. The van der Waals surface area contributed by atoms with Crippen molar-refractivity contribution in [2.24, 2.45) is 0 Å². The Bertz CT molecular complexity index is 1300. The van der Waals surface area contributed by atoms with Crippen molar-refractivity contribution in [1.29, 1.82) is 0 Å². The number of hydrogen-bond donors (Lipinski definition) is 2. The molecule has 0 bridgehead atoms. The van der Waals surface area contributed by atoms with Gasteiger partial charge in [0, 0.05) is 32.6 Å². The van der Waals surface area contributed by atoms with Crippen LogP contribution in [0.2, 0.25) is 0 Å². The Balaban J connectivity index is 1.80. The van der Waals surface area contributed by atoms with E-state index < -0.39 is 6.04 Å². The number of carbonyl (C=O) groups excluding carboxylic acids is 2. The van der Waals surface area contributed by atoms with Crippen molar-refractivity contribution in [3.8, 4) is 5.75 Å². The zero-order chi connectivity index (χ0) is 29.1. The quantitative estimate of drug-likeness (QED) is 0.297. The van der Waals surface area contributed by atoms with Gasteiger partial charge in [-0.15, -0.1) is 0 Å². The lowest BCUT2D eigenvalue weighted by atomic mass is 9.99. The monoisotopic (exact) mass is 545 g/mol. The Hall–Kier alpha value is -3.68. The Morgan fingerprint density at radius 2 is 1.73 bits per heavy atom. The van der Waals surface area contributed by atoms with E-state index in [-0.39, 0.29) is 30.6 Å². The molecule has 0 unspecified atom stereocenters.